The lowest BCUT2D eigenvalue weighted by Crippen LogP contribution is -2.31. The Balaban J connectivity index is 1.60. The summed E-state index contributed by atoms with van der Waals surface area (Å²) in [5.41, 5.74) is 0.133. The Labute approximate surface area is 141 Å². The van der Waals surface area contributed by atoms with Crippen molar-refractivity contribution in [3.63, 3.8) is 0 Å². The Morgan fingerprint density at radius 3 is 3.00 bits per heavy atom. The number of carbonyl (C=O) groups is 1. The van der Waals surface area contributed by atoms with Crippen molar-refractivity contribution in [2.45, 2.75) is 51.4 Å². The molecule has 24 heavy (non-hydrogen) atoms. The van der Waals surface area contributed by atoms with Gasteiger partial charge in [0.15, 0.2) is 11.6 Å². The molecule has 0 bridgehead atoms. The van der Waals surface area contributed by atoms with E-state index in [2.05, 4.69) is 17.1 Å². The molecule has 6 heteroatoms. The van der Waals surface area contributed by atoms with Gasteiger partial charge in [-0.2, -0.15) is 5.10 Å². The van der Waals surface area contributed by atoms with Crippen molar-refractivity contribution in [2.24, 2.45) is 5.41 Å². The highest BCUT2D eigenvalue weighted by atomic mass is 16.3. The zero-order valence-corrected chi connectivity index (χ0v) is 14.1. The van der Waals surface area contributed by atoms with Gasteiger partial charge in [0.25, 0.3) is 5.91 Å². The van der Waals surface area contributed by atoms with Crippen LogP contribution in [0.2, 0.25) is 0 Å². The molecule has 128 valence electrons. The maximum Gasteiger partial charge on any atom is 0.289 e. The molecule has 4 rings (SSSR count). The molecule has 0 radical (unpaired) electrons. The molecule has 1 unspecified atom stereocenters. The highest BCUT2D eigenvalue weighted by molar-refractivity contribution is 5.91. The molecular weight excluding hydrogens is 304 g/mol. The molecule has 2 fully saturated rings. The number of aryl methyl sites for hydroxylation is 1. The van der Waals surface area contributed by atoms with Crippen LogP contribution in [0, 0.1) is 5.41 Å². The summed E-state index contributed by atoms with van der Waals surface area (Å²) in [7, 11) is 0. The van der Waals surface area contributed by atoms with Gasteiger partial charge in [-0.05, 0) is 36.8 Å². The van der Waals surface area contributed by atoms with Gasteiger partial charge in [0.2, 0.25) is 0 Å². The van der Waals surface area contributed by atoms with E-state index >= 15 is 0 Å². The first kappa shape index (κ1) is 15.4. The highest BCUT2D eigenvalue weighted by Gasteiger charge is 2.51. The van der Waals surface area contributed by atoms with Gasteiger partial charge in [-0.25, -0.2) is 4.98 Å². The van der Waals surface area contributed by atoms with E-state index in [1.54, 1.807) is 18.4 Å². The van der Waals surface area contributed by atoms with Gasteiger partial charge in [-0.1, -0.05) is 19.8 Å². The lowest BCUT2D eigenvalue weighted by atomic mass is 9.76. The fourth-order valence-electron chi connectivity index (χ4n) is 4.44. The monoisotopic (exact) mass is 328 g/mol. The molecule has 1 N–H and O–H groups in total. The molecule has 1 aliphatic heterocycles. The van der Waals surface area contributed by atoms with E-state index in [1.807, 2.05) is 4.90 Å². The molecule has 6 nitrogen and oxygen atoms in total. The van der Waals surface area contributed by atoms with E-state index in [0.29, 0.717) is 12.3 Å². The van der Waals surface area contributed by atoms with Crippen molar-refractivity contribution in [1.29, 1.82) is 0 Å². The highest BCUT2D eigenvalue weighted by Crippen LogP contribution is 2.52. The molecule has 1 atom stereocenters. The minimum absolute atomic E-state index is 0.0157. The first-order valence-corrected chi connectivity index (χ1v) is 8.96. The number of hydrogen-bond acceptors (Lipinski definition) is 4. The maximum absolute atomic E-state index is 12.7. The molecular formula is C18H24N4O2. The number of furan rings is 1. The second kappa shape index (κ2) is 6.07. The first-order chi connectivity index (χ1) is 11.7. The topological polar surface area (TPSA) is 75.0 Å². The van der Waals surface area contributed by atoms with Crippen molar-refractivity contribution in [3.8, 4) is 0 Å². The zero-order chi connectivity index (χ0) is 16.6. The molecule has 2 aromatic heterocycles. The fourth-order valence-corrected chi connectivity index (χ4v) is 4.44. The number of nitrogens with one attached hydrogen (secondary N) is 1. The minimum atomic E-state index is -0.0157. The third kappa shape index (κ3) is 2.54. The van der Waals surface area contributed by atoms with E-state index in [0.717, 1.165) is 43.9 Å². The Kier molecular flexibility index (Phi) is 3.90. The largest absolute Gasteiger partial charge is 0.459 e. The molecule has 2 aromatic rings. The summed E-state index contributed by atoms with van der Waals surface area (Å²) in [5.74, 6) is 2.47. The van der Waals surface area contributed by atoms with Crippen LogP contribution in [0.3, 0.4) is 0 Å². The van der Waals surface area contributed by atoms with Crippen molar-refractivity contribution in [1.82, 2.24) is 20.1 Å². The zero-order valence-electron chi connectivity index (χ0n) is 14.1. The number of amides is 1. The standard InChI is InChI=1S/C18H24N4O2/c1-2-6-15-19-16(21-20-15)13-11-22(12-18(13)8-3-4-9-18)17(23)14-7-5-10-24-14/h5,7,10,13H,2-4,6,8-9,11-12H2,1H3,(H,19,20,21). The number of aromatic nitrogens is 3. The predicted octanol–water partition coefficient (Wildman–Crippen LogP) is 3.15. The third-order valence-electron chi connectivity index (χ3n) is 5.61. The van der Waals surface area contributed by atoms with Crippen LogP contribution in [-0.2, 0) is 6.42 Å². The van der Waals surface area contributed by atoms with Gasteiger partial charge < -0.3 is 9.32 Å². The van der Waals surface area contributed by atoms with E-state index in [1.165, 1.54) is 12.8 Å². The summed E-state index contributed by atoms with van der Waals surface area (Å²) < 4.78 is 5.31. The second-order valence-electron chi connectivity index (χ2n) is 7.18. The van der Waals surface area contributed by atoms with Crippen molar-refractivity contribution >= 4 is 5.91 Å². The van der Waals surface area contributed by atoms with E-state index < -0.39 is 0 Å². The predicted molar refractivity (Wildman–Crippen MR) is 88.6 cm³/mol. The van der Waals surface area contributed by atoms with Crippen LogP contribution in [0.4, 0.5) is 0 Å². The third-order valence-corrected chi connectivity index (χ3v) is 5.61. The van der Waals surface area contributed by atoms with Gasteiger partial charge in [0.05, 0.1) is 6.26 Å². The van der Waals surface area contributed by atoms with Gasteiger partial charge in [-0.15, -0.1) is 0 Å². The molecule has 1 saturated heterocycles. The lowest BCUT2D eigenvalue weighted by molar-refractivity contribution is 0.0741. The molecule has 2 aliphatic rings. The Morgan fingerprint density at radius 1 is 1.46 bits per heavy atom. The van der Waals surface area contributed by atoms with E-state index in [9.17, 15) is 4.79 Å². The fraction of sp³-hybridized carbons (Fsp3) is 0.611. The number of H-pyrrole nitrogens is 1. The van der Waals surface area contributed by atoms with Crippen molar-refractivity contribution in [2.75, 3.05) is 13.1 Å². The molecule has 1 amide bonds. The number of rotatable bonds is 4. The van der Waals surface area contributed by atoms with Crippen LogP contribution in [0.15, 0.2) is 22.8 Å². The Bertz CT molecular complexity index is 700. The van der Waals surface area contributed by atoms with Crippen LogP contribution in [-0.4, -0.2) is 39.1 Å². The number of aromatic amines is 1. The average Bonchev–Trinajstić information content (AvgIpc) is 3.36. The van der Waals surface area contributed by atoms with Crippen LogP contribution < -0.4 is 0 Å². The van der Waals surface area contributed by atoms with Gasteiger partial charge in [0.1, 0.15) is 5.82 Å². The van der Waals surface area contributed by atoms with E-state index in [-0.39, 0.29) is 17.2 Å². The van der Waals surface area contributed by atoms with Crippen LogP contribution in [0.25, 0.3) is 0 Å². The van der Waals surface area contributed by atoms with Crippen LogP contribution in [0.5, 0.6) is 0 Å². The lowest BCUT2D eigenvalue weighted by Gasteiger charge is -2.27. The molecule has 1 saturated carbocycles. The second-order valence-corrected chi connectivity index (χ2v) is 7.18. The summed E-state index contributed by atoms with van der Waals surface area (Å²) in [5, 5.41) is 7.57. The molecule has 1 aliphatic carbocycles. The number of nitrogens with zero attached hydrogens (tertiary/aromatic N) is 3. The molecule has 0 aromatic carbocycles. The summed E-state index contributed by atoms with van der Waals surface area (Å²) in [6.07, 6.45) is 8.28. The van der Waals surface area contributed by atoms with Crippen molar-refractivity contribution in [3.05, 3.63) is 35.8 Å². The summed E-state index contributed by atoms with van der Waals surface area (Å²) in [4.78, 5) is 19.4. The summed E-state index contributed by atoms with van der Waals surface area (Å²) in [6.45, 7) is 3.61. The number of likely N-dealkylation sites (tertiary alicyclic amines) is 1. The molecule has 3 heterocycles. The quantitative estimate of drug-likeness (QED) is 0.935. The normalized spacial score (nSPS) is 22.5. The SMILES string of the molecule is CCCc1nc(C2CN(C(=O)c3ccco3)CC23CCCC3)n[nH]1. The van der Waals surface area contributed by atoms with Crippen molar-refractivity contribution < 1.29 is 9.21 Å². The smallest absolute Gasteiger partial charge is 0.289 e. The Morgan fingerprint density at radius 2 is 2.29 bits per heavy atom. The first-order valence-electron chi connectivity index (χ1n) is 8.96. The van der Waals surface area contributed by atoms with Crippen LogP contribution >= 0.6 is 0 Å². The maximum atomic E-state index is 12.7. The average molecular weight is 328 g/mol. The minimum Gasteiger partial charge on any atom is -0.459 e. The van der Waals surface area contributed by atoms with Gasteiger partial charge in [-0.3, -0.25) is 9.89 Å². The Hall–Kier alpha value is -2.11. The summed E-state index contributed by atoms with van der Waals surface area (Å²) >= 11 is 0. The summed E-state index contributed by atoms with van der Waals surface area (Å²) in [6, 6.07) is 3.50. The number of hydrogen-bond donors (Lipinski definition) is 1. The van der Waals surface area contributed by atoms with E-state index in [4.69, 9.17) is 9.40 Å². The number of carbonyl (C=O) groups excluding carboxylic acids is 1. The van der Waals surface area contributed by atoms with Crippen LogP contribution in [0.1, 0.15) is 67.1 Å². The molecule has 1 spiro atoms. The van der Waals surface area contributed by atoms with Gasteiger partial charge >= 0.3 is 0 Å². The van der Waals surface area contributed by atoms with Gasteiger partial charge in [0, 0.05) is 25.4 Å².